The molecule has 5 nitrogen and oxygen atoms in total. The van der Waals surface area contributed by atoms with Crippen molar-refractivity contribution < 1.29 is 14.7 Å². The summed E-state index contributed by atoms with van der Waals surface area (Å²) in [7, 11) is 0. The van der Waals surface area contributed by atoms with E-state index in [1.54, 1.807) is 12.1 Å². The summed E-state index contributed by atoms with van der Waals surface area (Å²) in [5.74, 6) is -1.26. The normalized spacial score (nSPS) is 11.9. The largest absolute Gasteiger partial charge is 0.481 e. The summed E-state index contributed by atoms with van der Waals surface area (Å²) in [5, 5.41) is 11.4. The molecule has 0 radical (unpaired) electrons. The number of carboxylic acids is 1. The lowest BCUT2D eigenvalue weighted by molar-refractivity contribution is -0.137. The Bertz CT molecular complexity index is 458. The first kappa shape index (κ1) is 14.0. The first-order valence-corrected chi connectivity index (χ1v) is 5.82. The van der Waals surface area contributed by atoms with Crippen LogP contribution >= 0.6 is 0 Å². The molecule has 0 saturated heterocycles. The van der Waals surface area contributed by atoms with Crippen LogP contribution in [0.4, 0.5) is 5.69 Å². The molecule has 0 saturated carbocycles. The maximum absolute atomic E-state index is 12.0. The Labute approximate surface area is 106 Å². The van der Waals surface area contributed by atoms with Crippen LogP contribution in [0.3, 0.4) is 0 Å². The van der Waals surface area contributed by atoms with E-state index in [1.165, 1.54) is 0 Å². The van der Waals surface area contributed by atoms with E-state index >= 15 is 0 Å². The van der Waals surface area contributed by atoms with Gasteiger partial charge in [0.1, 0.15) is 0 Å². The summed E-state index contributed by atoms with van der Waals surface area (Å²) < 4.78 is 0. The highest BCUT2D eigenvalue weighted by Crippen LogP contribution is 2.14. The van der Waals surface area contributed by atoms with Gasteiger partial charge in [-0.05, 0) is 25.5 Å². The molecule has 0 aliphatic rings. The Morgan fingerprint density at radius 1 is 1.44 bits per heavy atom. The molecule has 5 heteroatoms. The molecule has 0 heterocycles. The van der Waals surface area contributed by atoms with Gasteiger partial charge in [-0.15, -0.1) is 0 Å². The van der Waals surface area contributed by atoms with Gasteiger partial charge < -0.3 is 16.2 Å². The van der Waals surface area contributed by atoms with Gasteiger partial charge in [-0.3, -0.25) is 9.59 Å². The molecule has 1 aromatic rings. The van der Waals surface area contributed by atoms with E-state index in [2.05, 4.69) is 5.32 Å². The van der Waals surface area contributed by atoms with E-state index in [0.717, 1.165) is 5.56 Å². The molecule has 0 aliphatic carbocycles. The molecular formula is C13H18N2O3. The lowest BCUT2D eigenvalue weighted by Gasteiger charge is -2.15. The van der Waals surface area contributed by atoms with Crippen molar-refractivity contribution in [3.63, 3.8) is 0 Å². The van der Waals surface area contributed by atoms with Gasteiger partial charge in [0.05, 0.1) is 12.0 Å². The van der Waals surface area contributed by atoms with Gasteiger partial charge in [0.15, 0.2) is 0 Å². The first-order valence-electron chi connectivity index (χ1n) is 5.82. The van der Waals surface area contributed by atoms with Crippen molar-refractivity contribution in [3.8, 4) is 0 Å². The van der Waals surface area contributed by atoms with E-state index in [1.807, 2.05) is 19.9 Å². The smallest absolute Gasteiger partial charge is 0.305 e. The Morgan fingerprint density at radius 2 is 2.11 bits per heavy atom. The van der Waals surface area contributed by atoms with Gasteiger partial charge in [0, 0.05) is 11.7 Å². The minimum Gasteiger partial charge on any atom is -0.481 e. The van der Waals surface area contributed by atoms with Gasteiger partial charge >= 0.3 is 5.97 Å². The van der Waals surface area contributed by atoms with E-state index in [0.29, 0.717) is 17.7 Å². The number of carbonyl (C=O) groups excluding carboxylic acids is 1. The van der Waals surface area contributed by atoms with Crippen molar-refractivity contribution in [2.75, 3.05) is 5.73 Å². The summed E-state index contributed by atoms with van der Waals surface area (Å²) in [6, 6.07) is 4.80. The lowest BCUT2D eigenvalue weighted by atomic mass is 10.1. The summed E-state index contributed by atoms with van der Waals surface area (Å²) in [6.07, 6.45) is 0.470. The van der Waals surface area contributed by atoms with Gasteiger partial charge in [-0.25, -0.2) is 0 Å². The van der Waals surface area contributed by atoms with Gasteiger partial charge in [0.2, 0.25) is 0 Å². The fraction of sp³-hybridized carbons (Fsp3) is 0.385. The predicted molar refractivity (Wildman–Crippen MR) is 69.4 cm³/mol. The number of benzene rings is 1. The quantitative estimate of drug-likeness (QED) is 0.691. The molecule has 18 heavy (non-hydrogen) atoms. The number of anilines is 1. The third-order valence-corrected chi connectivity index (χ3v) is 2.70. The fourth-order valence-corrected chi connectivity index (χ4v) is 1.64. The molecule has 1 aromatic carbocycles. The van der Waals surface area contributed by atoms with Gasteiger partial charge in [-0.2, -0.15) is 0 Å². The minimum atomic E-state index is -0.931. The third kappa shape index (κ3) is 3.76. The first-order chi connectivity index (χ1) is 8.43. The van der Waals surface area contributed by atoms with Crippen LogP contribution in [0.2, 0.25) is 0 Å². The summed E-state index contributed by atoms with van der Waals surface area (Å²) in [6.45, 7) is 3.69. The zero-order chi connectivity index (χ0) is 13.7. The number of aryl methyl sites for hydroxylation is 1. The molecular weight excluding hydrogens is 232 g/mol. The standard InChI is InChI=1S/C13H18N2O3/c1-3-9(7-12(16)17)15-13(18)10-6-8(2)4-5-11(10)14/h4-6,9H,3,7,14H2,1-2H3,(H,15,18)(H,16,17). The lowest BCUT2D eigenvalue weighted by Crippen LogP contribution is -2.36. The van der Waals surface area contributed by atoms with Crippen LogP contribution in [0.15, 0.2) is 18.2 Å². The zero-order valence-electron chi connectivity index (χ0n) is 10.6. The van der Waals surface area contributed by atoms with Crippen LogP contribution in [0.5, 0.6) is 0 Å². The third-order valence-electron chi connectivity index (χ3n) is 2.70. The van der Waals surface area contributed by atoms with Crippen LogP contribution in [0.25, 0.3) is 0 Å². The van der Waals surface area contributed by atoms with Crippen LogP contribution in [-0.4, -0.2) is 23.0 Å². The molecule has 98 valence electrons. The van der Waals surface area contributed by atoms with Crippen molar-refractivity contribution in [1.29, 1.82) is 0 Å². The highest BCUT2D eigenvalue weighted by molar-refractivity contribution is 5.99. The second-order valence-corrected chi connectivity index (χ2v) is 4.27. The molecule has 1 rings (SSSR count). The average molecular weight is 250 g/mol. The van der Waals surface area contributed by atoms with E-state index in [-0.39, 0.29) is 18.4 Å². The molecule has 1 amide bonds. The van der Waals surface area contributed by atoms with E-state index < -0.39 is 5.97 Å². The number of rotatable bonds is 5. The van der Waals surface area contributed by atoms with E-state index in [9.17, 15) is 9.59 Å². The second kappa shape index (κ2) is 6.05. The predicted octanol–water partition coefficient (Wildman–Crippen LogP) is 1.56. The number of carbonyl (C=O) groups is 2. The Balaban J connectivity index is 2.80. The molecule has 1 unspecified atom stereocenters. The topological polar surface area (TPSA) is 92.4 Å². The molecule has 0 aliphatic heterocycles. The Morgan fingerprint density at radius 3 is 2.67 bits per heavy atom. The van der Waals surface area contributed by atoms with Crippen molar-refractivity contribution in [1.82, 2.24) is 5.32 Å². The second-order valence-electron chi connectivity index (χ2n) is 4.27. The highest BCUT2D eigenvalue weighted by Gasteiger charge is 2.16. The number of hydrogen-bond donors (Lipinski definition) is 3. The SMILES string of the molecule is CCC(CC(=O)O)NC(=O)c1cc(C)ccc1N. The van der Waals surface area contributed by atoms with Crippen LogP contribution in [0.1, 0.15) is 35.7 Å². The number of carboxylic acid groups (broad SMARTS) is 1. The molecule has 1 atom stereocenters. The van der Waals surface area contributed by atoms with Crippen molar-refractivity contribution in [3.05, 3.63) is 29.3 Å². The summed E-state index contributed by atoms with van der Waals surface area (Å²) >= 11 is 0. The van der Waals surface area contributed by atoms with Crippen molar-refractivity contribution >= 4 is 17.6 Å². The maximum Gasteiger partial charge on any atom is 0.305 e. The number of nitrogens with one attached hydrogen (secondary N) is 1. The van der Waals surface area contributed by atoms with Gasteiger partial charge in [-0.1, -0.05) is 18.6 Å². The zero-order valence-corrected chi connectivity index (χ0v) is 10.6. The number of amides is 1. The van der Waals surface area contributed by atoms with Crippen LogP contribution in [0, 0.1) is 6.92 Å². The molecule has 0 bridgehead atoms. The minimum absolute atomic E-state index is 0.0893. The number of nitrogens with two attached hydrogens (primary N) is 1. The molecule has 0 aromatic heterocycles. The van der Waals surface area contributed by atoms with Crippen molar-refractivity contribution in [2.45, 2.75) is 32.7 Å². The number of nitrogen functional groups attached to an aromatic ring is 1. The van der Waals surface area contributed by atoms with Crippen molar-refractivity contribution in [2.24, 2.45) is 0 Å². The number of aliphatic carboxylic acids is 1. The summed E-state index contributed by atoms with van der Waals surface area (Å²) in [5.41, 5.74) is 7.44. The van der Waals surface area contributed by atoms with E-state index in [4.69, 9.17) is 10.8 Å². The Hall–Kier alpha value is -2.04. The van der Waals surface area contributed by atoms with Gasteiger partial charge in [0.25, 0.3) is 5.91 Å². The highest BCUT2D eigenvalue weighted by atomic mass is 16.4. The monoisotopic (exact) mass is 250 g/mol. The molecule has 0 fully saturated rings. The Kier molecular flexibility index (Phi) is 4.71. The fourth-order valence-electron chi connectivity index (χ4n) is 1.64. The molecule has 4 N–H and O–H groups in total. The maximum atomic E-state index is 12.0. The summed E-state index contributed by atoms with van der Waals surface area (Å²) in [4.78, 5) is 22.6. The number of hydrogen-bond acceptors (Lipinski definition) is 3. The molecule has 0 spiro atoms. The van der Waals surface area contributed by atoms with Crippen LogP contribution in [-0.2, 0) is 4.79 Å². The average Bonchev–Trinajstić information content (AvgIpc) is 2.30. The van der Waals surface area contributed by atoms with Crippen LogP contribution < -0.4 is 11.1 Å².